The molecule has 1 fully saturated rings. The first-order valence-electron chi connectivity index (χ1n) is 10.3. The Balaban J connectivity index is 1.42. The van der Waals surface area contributed by atoms with Crippen LogP contribution >= 0.6 is 0 Å². The Bertz CT molecular complexity index is 1170. The standard InChI is InChI=1S/C24H24N4O/c29-24(14-17-15-26-21-7-3-2-6-18(17)21)27-22-8-9-23(28-12-4-1-5-13-28)19-10-11-25-16-20(19)22/h2-3,6-11,15-16,26H,1,4-5,12-14H2,(H,27,29). The van der Waals surface area contributed by atoms with Gasteiger partial charge in [-0.2, -0.15) is 0 Å². The second-order valence-electron chi connectivity index (χ2n) is 7.69. The molecule has 2 aromatic carbocycles. The fraction of sp³-hybridized carbons (Fsp3) is 0.250. The lowest BCUT2D eigenvalue weighted by atomic mass is 10.0. The third kappa shape index (κ3) is 3.44. The minimum absolute atomic E-state index is 0.0226. The first kappa shape index (κ1) is 17.7. The number of H-pyrrole nitrogens is 1. The third-order valence-electron chi connectivity index (χ3n) is 5.79. The summed E-state index contributed by atoms with van der Waals surface area (Å²) in [6.07, 6.45) is 9.70. The molecule has 0 bridgehead atoms. The monoisotopic (exact) mass is 384 g/mol. The highest BCUT2D eigenvalue weighted by Gasteiger charge is 2.16. The van der Waals surface area contributed by atoms with Crippen LogP contribution < -0.4 is 10.2 Å². The molecule has 0 saturated carbocycles. The van der Waals surface area contributed by atoms with Crippen molar-refractivity contribution in [2.75, 3.05) is 23.3 Å². The van der Waals surface area contributed by atoms with Gasteiger partial charge in [0.1, 0.15) is 0 Å². The number of piperidine rings is 1. The Hall–Kier alpha value is -3.34. The molecule has 0 aliphatic carbocycles. The summed E-state index contributed by atoms with van der Waals surface area (Å²) in [7, 11) is 0. The quantitative estimate of drug-likeness (QED) is 0.527. The number of nitrogens with one attached hydrogen (secondary N) is 2. The van der Waals surface area contributed by atoms with Crippen LogP contribution in [0.2, 0.25) is 0 Å². The number of benzene rings is 2. The Labute approximate surface area is 169 Å². The van der Waals surface area contributed by atoms with Crippen molar-refractivity contribution in [2.24, 2.45) is 0 Å². The fourth-order valence-corrected chi connectivity index (χ4v) is 4.34. The number of para-hydroxylation sites is 1. The Morgan fingerprint density at radius 3 is 2.76 bits per heavy atom. The number of anilines is 2. The number of aromatic nitrogens is 2. The van der Waals surface area contributed by atoms with Crippen LogP contribution in [0.15, 0.2) is 61.1 Å². The van der Waals surface area contributed by atoms with Crippen molar-refractivity contribution in [1.29, 1.82) is 0 Å². The van der Waals surface area contributed by atoms with Gasteiger partial charge < -0.3 is 15.2 Å². The van der Waals surface area contributed by atoms with E-state index in [0.717, 1.165) is 46.0 Å². The van der Waals surface area contributed by atoms with Gasteiger partial charge in [-0.3, -0.25) is 9.78 Å². The van der Waals surface area contributed by atoms with E-state index in [2.05, 4.69) is 32.3 Å². The SMILES string of the molecule is O=C(Cc1c[nH]c2ccccc12)Nc1ccc(N2CCCCC2)c2ccncc12. The molecule has 5 heteroatoms. The van der Waals surface area contributed by atoms with Crippen LogP contribution in [-0.2, 0) is 11.2 Å². The third-order valence-corrected chi connectivity index (χ3v) is 5.79. The second kappa shape index (κ2) is 7.59. The molecule has 1 aliphatic heterocycles. The average Bonchev–Trinajstić information content (AvgIpc) is 3.17. The predicted octanol–water partition coefficient (Wildman–Crippen LogP) is 4.89. The lowest BCUT2D eigenvalue weighted by Crippen LogP contribution is -2.29. The van der Waals surface area contributed by atoms with Crippen molar-refractivity contribution in [3.63, 3.8) is 0 Å². The Morgan fingerprint density at radius 2 is 1.86 bits per heavy atom. The number of carbonyl (C=O) groups excluding carboxylic acids is 1. The number of carbonyl (C=O) groups is 1. The summed E-state index contributed by atoms with van der Waals surface area (Å²) in [5.41, 5.74) is 4.11. The van der Waals surface area contributed by atoms with Gasteiger partial charge in [0.25, 0.3) is 0 Å². The Kier molecular flexibility index (Phi) is 4.64. The van der Waals surface area contributed by atoms with Crippen LogP contribution in [-0.4, -0.2) is 29.0 Å². The summed E-state index contributed by atoms with van der Waals surface area (Å²) in [5, 5.41) is 6.33. The lowest BCUT2D eigenvalue weighted by molar-refractivity contribution is -0.115. The maximum atomic E-state index is 12.8. The van der Waals surface area contributed by atoms with Gasteiger partial charge >= 0.3 is 0 Å². The molecule has 2 aromatic heterocycles. The highest BCUT2D eigenvalue weighted by Crippen LogP contribution is 2.33. The van der Waals surface area contributed by atoms with Crippen molar-refractivity contribution >= 4 is 39.0 Å². The van der Waals surface area contributed by atoms with Gasteiger partial charge in [-0.05, 0) is 49.1 Å². The van der Waals surface area contributed by atoms with E-state index in [1.807, 2.05) is 48.9 Å². The topological polar surface area (TPSA) is 61.0 Å². The van der Waals surface area contributed by atoms with Crippen molar-refractivity contribution in [3.05, 3.63) is 66.6 Å². The summed E-state index contributed by atoms with van der Waals surface area (Å²) in [5.74, 6) is -0.0226. The van der Waals surface area contributed by atoms with Gasteiger partial charge in [-0.25, -0.2) is 0 Å². The van der Waals surface area contributed by atoms with E-state index in [9.17, 15) is 4.79 Å². The minimum atomic E-state index is -0.0226. The smallest absolute Gasteiger partial charge is 0.228 e. The number of amides is 1. The molecule has 0 unspecified atom stereocenters. The minimum Gasteiger partial charge on any atom is -0.371 e. The van der Waals surface area contributed by atoms with Crippen molar-refractivity contribution in [3.8, 4) is 0 Å². The van der Waals surface area contributed by atoms with E-state index >= 15 is 0 Å². The molecule has 0 atom stereocenters. The van der Waals surface area contributed by atoms with Crippen LogP contribution in [0.25, 0.3) is 21.7 Å². The van der Waals surface area contributed by atoms with Crippen molar-refractivity contribution in [1.82, 2.24) is 9.97 Å². The second-order valence-corrected chi connectivity index (χ2v) is 7.69. The van der Waals surface area contributed by atoms with Gasteiger partial charge in [0.15, 0.2) is 0 Å². The van der Waals surface area contributed by atoms with Gasteiger partial charge in [-0.15, -0.1) is 0 Å². The first-order chi connectivity index (χ1) is 14.3. The summed E-state index contributed by atoms with van der Waals surface area (Å²) < 4.78 is 0. The maximum absolute atomic E-state index is 12.8. The zero-order valence-corrected chi connectivity index (χ0v) is 16.3. The van der Waals surface area contributed by atoms with Gasteiger partial charge in [-0.1, -0.05) is 18.2 Å². The first-order valence-corrected chi connectivity index (χ1v) is 10.3. The fourth-order valence-electron chi connectivity index (χ4n) is 4.34. The molecule has 0 spiro atoms. The molecule has 5 rings (SSSR count). The highest BCUT2D eigenvalue weighted by molar-refractivity contribution is 6.07. The van der Waals surface area contributed by atoms with E-state index in [1.165, 1.54) is 24.9 Å². The molecule has 146 valence electrons. The largest absolute Gasteiger partial charge is 0.371 e. The molecular formula is C24H24N4O. The zero-order valence-electron chi connectivity index (χ0n) is 16.3. The molecule has 3 heterocycles. The van der Waals surface area contributed by atoms with E-state index < -0.39 is 0 Å². The van der Waals surface area contributed by atoms with Crippen molar-refractivity contribution < 1.29 is 4.79 Å². The van der Waals surface area contributed by atoms with E-state index in [-0.39, 0.29) is 5.91 Å². The maximum Gasteiger partial charge on any atom is 0.228 e. The summed E-state index contributed by atoms with van der Waals surface area (Å²) in [6, 6.07) is 14.3. The molecule has 1 amide bonds. The summed E-state index contributed by atoms with van der Waals surface area (Å²) in [6.45, 7) is 2.17. The molecule has 5 nitrogen and oxygen atoms in total. The zero-order chi connectivity index (χ0) is 19.6. The molecule has 1 aliphatic rings. The highest BCUT2D eigenvalue weighted by atomic mass is 16.1. The summed E-state index contributed by atoms with van der Waals surface area (Å²) >= 11 is 0. The number of rotatable bonds is 4. The normalized spacial score (nSPS) is 14.4. The van der Waals surface area contributed by atoms with Crippen LogP contribution in [0.4, 0.5) is 11.4 Å². The number of pyridine rings is 1. The molecule has 0 radical (unpaired) electrons. The van der Waals surface area contributed by atoms with Gasteiger partial charge in [0.05, 0.1) is 12.1 Å². The van der Waals surface area contributed by atoms with E-state index in [0.29, 0.717) is 6.42 Å². The number of fused-ring (bicyclic) bond motifs is 2. The Morgan fingerprint density at radius 1 is 1.00 bits per heavy atom. The molecule has 29 heavy (non-hydrogen) atoms. The lowest BCUT2D eigenvalue weighted by Gasteiger charge is -2.30. The van der Waals surface area contributed by atoms with E-state index in [4.69, 9.17) is 0 Å². The van der Waals surface area contributed by atoms with Gasteiger partial charge in [0, 0.05) is 59.0 Å². The van der Waals surface area contributed by atoms with Crippen LogP contribution in [0.3, 0.4) is 0 Å². The molecule has 2 N–H and O–H groups in total. The number of hydrogen-bond acceptors (Lipinski definition) is 3. The number of hydrogen-bond donors (Lipinski definition) is 2. The summed E-state index contributed by atoms with van der Waals surface area (Å²) in [4.78, 5) is 22.8. The predicted molar refractivity (Wildman–Crippen MR) is 118 cm³/mol. The number of aromatic amines is 1. The van der Waals surface area contributed by atoms with Crippen LogP contribution in [0, 0.1) is 0 Å². The number of nitrogens with zero attached hydrogens (tertiary/aromatic N) is 2. The van der Waals surface area contributed by atoms with Crippen LogP contribution in [0.1, 0.15) is 24.8 Å². The van der Waals surface area contributed by atoms with Crippen molar-refractivity contribution in [2.45, 2.75) is 25.7 Å². The van der Waals surface area contributed by atoms with E-state index in [1.54, 1.807) is 0 Å². The van der Waals surface area contributed by atoms with Crippen LogP contribution in [0.5, 0.6) is 0 Å². The molecule has 4 aromatic rings. The molecular weight excluding hydrogens is 360 g/mol. The average molecular weight is 384 g/mol. The molecule has 1 saturated heterocycles. The van der Waals surface area contributed by atoms with Gasteiger partial charge in [0.2, 0.25) is 5.91 Å².